The lowest BCUT2D eigenvalue weighted by Crippen LogP contribution is -2.31. The number of rotatable bonds is 5. The summed E-state index contributed by atoms with van der Waals surface area (Å²) in [6, 6.07) is 14.2. The van der Waals surface area contributed by atoms with E-state index in [1.54, 1.807) is 48.5 Å². The Kier molecular flexibility index (Phi) is 4.82. The highest BCUT2D eigenvalue weighted by atomic mass is 16.6. The molecule has 0 bridgehead atoms. The molecule has 0 radical (unpaired) electrons. The van der Waals surface area contributed by atoms with Gasteiger partial charge in [0.25, 0.3) is 5.91 Å². The molecule has 1 amide bonds. The van der Waals surface area contributed by atoms with E-state index in [0.29, 0.717) is 41.7 Å². The van der Waals surface area contributed by atoms with Crippen LogP contribution in [0, 0.1) is 0 Å². The molecule has 2 aliphatic heterocycles. The number of hydrogen-bond donors (Lipinski definition) is 1. The first-order chi connectivity index (χ1) is 15.6. The van der Waals surface area contributed by atoms with Crippen LogP contribution in [-0.4, -0.2) is 37.1 Å². The van der Waals surface area contributed by atoms with E-state index < -0.39 is 23.5 Å². The van der Waals surface area contributed by atoms with Gasteiger partial charge in [0.1, 0.15) is 19.0 Å². The summed E-state index contributed by atoms with van der Waals surface area (Å²) in [6.07, 6.45) is 1.36. The third-order valence-corrected chi connectivity index (χ3v) is 5.41. The van der Waals surface area contributed by atoms with E-state index in [-0.39, 0.29) is 11.3 Å². The van der Waals surface area contributed by atoms with Gasteiger partial charge in [-0.15, -0.1) is 0 Å². The highest BCUT2D eigenvalue weighted by Crippen LogP contribution is 2.44. The first-order valence-corrected chi connectivity index (χ1v) is 9.97. The number of fused-ring (bicyclic) bond motifs is 1. The molecule has 1 atom stereocenters. The Morgan fingerprint density at radius 1 is 1.06 bits per heavy atom. The molecule has 3 aromatic rings. The topological polar surface area (TPSA) is 98.4 Å². The number of methoxy groups -OCH3 is 1. The van der Waals surface area contributed by atoms with E-state index in [4.69, 9.17) is 18.6 Å². The number of furan rings is 1. The molecule has 8 nitrogen and oxygen atoms in total. The van der Waals surface area contributed by atoms with Crippen molar-refractivity contribution in [1.82, 2.24) is 0 Å². The van der Waals surface area contributed by atoms with Gasteiger partial charge < -0.3 is 23.7 Å². The quantitative estimate of drug-likeness (QED) is 0.611. The minimum absolute atomic E-state index is 0.0243. The van der Waals surface area contributed by atoms with E-state index in [1.165, 1.54) is 24.3 Å². The number of ether oxygens (including phenoxy) is 3. The first kappa shape index (κ1) is 19.7. The Bertz CT molecular complexity index is 1230. The lowest BCUT2D eigenvalue weighted by atomic mass is 9.94. The monoisotopic (exact) mass is 433 g/mol. The van der Waals surface area contributed by atoms with Gasteiger partial charge >= 0.3 is 0 Å². The van der Waals surface area contributed by atoms with E-state index >= 15 is 0 Å². The maximum atomic E-state index is 13.2. The summed E-state index contributed by atoms with van der Waals surface area (Å²) in [5, 5.41) is 10.8. The SMILES string of the molecule is COc1cccc(C2C(C(=O)c3ccco3)=C(O)C(=O)N2c2ccc3c(c2)OCCO3)c1. The summed E-state index contributed by atoms with van der Waals surface area (Å²) < 4.78 is 21.8. The molecule has 3 heterocycles. The number of hydrogen-bond acceptors (Lipinski definition) is 7. The van der Waals surface area contributed by atoms with Crippen LogP contribution in [0.5, 0.6) is 17.2 Å². The minimum atomic E-state index is -0.905. The molecule has 0 saturated heterocycles. The smallest absolute Gasteiger partial charge is 0.294 e. The lowest BCUT2D eigenvalue weighted by Gasteiger charge is -2.28. The zero-order valence-electron chi connectivity index (χ0n) is 17.1. The summed E-state index contributed by atoms with van der Waals surface area (Å²) in [5.74, 6) is -0.290. The van der Waals surface area contributed by atoms with Crippen molar-refractivity contribution < 1.29 is 33.3 Å². The summed E-state index contributed by atoms with van der Waals surface area (Å²) in [5.41, 5.74) is 0.959. The van der Waals surface area contributed by atoms with Crippen molar-refractivity contribution >= 4 is 17.4 Å². The van der Waals surface area contributed by atoms with Gasteiger partial charge in [-0.05, 0) is 42.0 Å². The van der Waals surface area contributed by atoms with Gasteiger partial charge in [0.2, 0.25) is 5.78 Å². The summed E-state index contributed by atoms with van der Waals surface area (Å²) >= 11 is 0. The largest absolute Gasteiger partial charge is 0.503 e. The number of nitrogens with zero attached hydrogens (tertiary/aromatic N) is 1. The number of aliphatic hydroxyl groups excluding tert-OH is 1. The fourth-order valence-corrected chi connectivity index (χ4v) is 3.95. The normalized spacial score (nSPS) is 17.6. The molecule has 1 N–H and O–H groups in total. The predicted octanol–water partition coefficient (Wildman–Crippen LogP) is 3.84. The van der Waals surface area contributed by atoms with Crippen LogP contribution in [0.25, 0.3) is 0 Å². The third kappa shape index (κ3) is 3.17. The van der Waals surface area contributed by atoms with Gasteiger partial charge in [0, 0.05) is 11.8 Å². The van der Waals surface area contributed by atoms with E-state index in [1.807, 2.05) is 0 Å². The Hall–Kier alpha value is -4.20. The second-order valence-electron chi connectivity index (χ2n) is 7.25. The highest BCUT2D eigenvalue weighted by Gasteiger charge is 2.45. The van der Waals surface area contributed by atoms with Crippen molar-refractivity contribution in [3.05, 3.63) is 83.5 Å². The molecule has 32 heavy (non-hydrogen) atoms. The number of carbonyl (C=O) groups is 2. The van der Waals surface area contributed by atoms with E-state index in [0.717, 1.165) is 0 Å². The van der Waals surface area contributed by atoms with Gasteiger partial charge in [-0.25, -0.2) is 0 Å². The molecular formula is C24H19NO7. The molecule has 1 unspecified atom stereocenters. The maximum Gasteiger partial charge on any atom is 0.294 e. The van der Waals surface area contributed by atoms with Crippen molar-refractivity contribution in [3.63, 3.8) is 0 Å². The van der Waals surface area contributed by atoms with Gasteiger partial charge in [0.15, 0.2) is 23.0 Å². The Balaban J connectivity index is 1.66. The van der Waals surface area contributed by atoms with Crippen LogP contribution in [0.15, 0.2) is 76.6 Å². The van der Waals surface area contributed by atoms with E-state index in [9.17, 15) is 14.7 Å². The maximum absolute atomic E-state index is 13.2. The van der Waals surface area contributed by atoms with E-state index in [2.05, 4.69) is 0 Å². The molecule has 1 aromatic heterocycles. The van der Waals surface area contributed by atoms with Crippen LogP contribution >= 0.6 is 0 Å². The number of benzene rings is 2. The molecule has 162 valence electrons. The molecule has 0 spiro atoms. The van der Waals surface area contributed by atoms with Crippen LogP contribution in [0.1, 0.15) is 22.2 Å². The van der Waals surface area contributed by atoms with Gasteiger partial charge in [-0.3, -0.25) is 14.5 Å². The lowest BCUT2D eigenvalue weighted by molar-refractivity contribution is -0.117. The van der Waals surface area contributed by atoms with Crippen molar-refractivity contribution in [2.45, 2.75) is 6.04 Å². The fraction of sp³-hybridized carbons (Fsp3) is 0.167. The second-order valence-corrected chi connectivity index (χ2v) is 7.25. The van der Waals surface area contributed by atoms with Crippen molar-refractivity contribution in [3.8, 4) is 17.2 Å². The van der Waals surface area contributed by atoms with Gasteiger partial charge in [0.05, 0.1) is 25.0 Å². The average molecular weight is 433 g/mol. The van der Waals surface area contributed by atoms with Crippen LogP contribution < -0.4 is 19.1 Å². The molecule has 8 heteroatoms. The number of amides is 1. The Morgan fingerprint density at radius 2 is 1.88 bits per heavy atom. The second kappa shape index (κ2) is 7.81. The first-order valence-electron chi connectivity index (χ1n) is 9.97. The number of aliphatic hydroxyl groups is 1. The van der Waals surface area contributed by atoms with Crippen molar-refractivity contribution in [2.24, 2.45) is 0 Å². The fourth-order valence-electron chi connectivity index (χ4n) is 3.95. The number of carbonyl (C=O) groups excluding carboxylic acids is 2. The van der Waals surface area contributed by atoms with Crippen molar-refractivity contribution in [1.29, 1.82) is 0 Å². The van der Waals surface area contributed by atoms with Crippen molar-refractivity contribution in [2.75, 3.05) is 25.2 Å². The third-order valence-electron chi connectivity index (χ3n) is 5.41. The minimum Gasteiger partial charge on any atom is -0.503 e. The molecule has 2 aromatic carbocycles. The van der Waals surface area contributed by atoms with Crippen LogP contribution in [0.4, 0.5) is 5.69 Å². The average Bonchev–Trinajstić information content (AvgIpc) is 3.46. The standard InChI is InChI=1S/C24H19NO7/c1-29-16-5-2-4-14(12-16)21-20(22(26)18-6-3-9-30-18)23(27)24(28)25(21)15-7-8-17-19(13-15)32-11-10-31-17/h2-9,12-13,21,27H,10-11H2,1H3. The molecule has 0 saturated carbocycles. The Morgan fingerprint density at radius 3 is 2.62 bits per heavy atom. The number of ketones is 1. The zero-order valence-corrected chi connectivity index (χ0v) is 17.1. The number of anilines is 1. The predicted molar refractivity (Wildman–Crippen MR) is 113 cm³/mol. The summed E-state index contributed by atoms with van der Waals surface area (Å²) in [4.78, 5) is 27.8. The van der Waals surface area contributed by atoms with Crippen LogP contribution in [0.3, 0.4) is 0 Å². The number of Topliss-reactive ketones (excluding diaryl/α,β-unsaturated/α-hetero) is 1. The van der Waals surface area contributed by atoms with Gasteiger partial charge in [-0.1, -0.05) is 12.1 Å². The highest BCUT2D eigenvalue weighted by molar-refractivity contribution is 6.20. The molecule has 2 aliphatic rings. The summed E-state index contributed by atoms with van der Waals surface area (Å²) in [7, 11) is 1.53. The van der Waals surface area contributed by atoms with Gasteiger partial charge in [-0.2, -0.15) is 0 Å². The Labute approximate surface area is 183 Å². The summed E-state index contributed by atoms with van der Waals surface area (Å²) in [6.45, 7) is 0.820. The van der Waals surface area contributed by atoms with Crippen LogP contribution in [-0.2, 0) is 4.79 Å². The molecule has 5 rings (SSSR count). The molecule has 0 aliphatic carbocycles. The molecule has 0 fully saturated rings. The zero-order chi connectivity index (χ0) is 22.2. The molecular weight excluding hydrogens is 414 g/mol. The van der Waals surface area contributed by atoms with Crippen LogP contribution in [0.2, 0.25) is 0 Å².